The maximum absolute atomic E-state index is 9.69. The van der Waals surface area contributed by atoms with Gasteiger partial charge >= 0.3 is 0 Å². The summed E-state index contributed by atoms with van der Waals surface area (Å²) in [4.78, 5) is 0. The second kappa shape index (κ2) is 6.74. The van der Waals surface area contributed by atoms with Crippen LogP contribution >= 0.6 is 11.6 Å². The Morgan fingerprint density at radius 3 is 2.94 bits per heavy atom. The van der Waals surface area contributed by atoms with Gasteiger partial charge in [0.2, 0.25) is 0 Å². The lowest BCUT2D eigenvalue weighted by atomic mass is 10.1. The van der Waals surface area contributed by atoms with Gasteiger partial charge in [0, 0.05) is 31.9 Å². The predicted octanol–water partition coefficient (Wildman–Crippen LogP) is 2.56. The van der Waals surface area contributed by atoms with Gasteiger partial charge in [0.15, 0.2) is 0 Å². The summed E-state index contributed by atoms with van der Waals surface area (Å²) in [5, 5.41) is 13.4. The molecule has 1 rings (SSSR count). The van der Waals surface area contributed by atoms with Crippen LogP contribution in [-0.4, -0.2) is 24.9 Å². The Balaban J connectivity index is 2.45. The van der Waals surface area contributed by atoms with Crippen molar-refractivity contribution in [3.63, 3.8) is 0 Å². The largest absolute Gasteiger partial charge is 0.506 e. The Hall–Kier alpha value is -0.770. The summed E-state index contributed by atoms with van der Waals surface area (Å²) in [6, 6.07) is 5.71. The van der Waals surface area contributed by atoms with E-state index in [4.69, 9.17) is 16.3 Å². The van der Waals surface area contributed by atoms with E-state index in [0.717, 1.165) is 18.6 Å². The van der Waals surface area contributed by atoms with Gasteiger partial charge in [0.25, 0.3) is 0 Å². The summed E-state index contributed by atoms with van der Waals surface area (Å²) >= 11 is 5.81. The number of benzene rings is 1. The summed E-state index contributed by atoms with van der Waals surface area (Å²) in [6.45, 7) is 3.42. The van der Waals surface area contributed by atoms with Crippen molar-refractivity contribution in [3.8, 4) is 5.75 Å². The third kappa shape index (κ3) is 4.00. The fraction of sp³-hybridized carbons (Fsp3) is 0.500. The molecule has 3 nitrogen and oxygen atoms in total. The normalized spacial score (nSPS) is 12.7. The van der Waals surface area contributed by atoms with Crippen LogP contribution in [0.3, 0.4) is 0 Å². The van der Waals surface area contributed by atoms with Gasteiger partial charge in [-0.15, -0.1) is 0 Å². The minimum atomic E-state index is 0.163. The lowest BCUT2D eigenvalue weighted by Gasteiger charge is -2.14. The lowest BCUT2D eigenvalue weighted by Crippen LogP contribution is -2.26. The summed E-state index contributed by atoms with van der Waals surface area (Å²) in [7, 11) is 1.69. The van der Waals surface area contributed by atoms with E-state index in [-0.39, 0.29) is 5.75 Å². The van der Waals surface area contributed by atoms with Crippen LogP contribution in [0.4, 0.5) is 0 Å². The second-order valence-corrected chi connectivity index (χ2v) is 4.22. The number of ether oxygens (including phenoxy) is 1. The zero-order valence-corrected chi connectivity index (χ0v) is 10.4. The van der Waals surface area contributed by atoms with Crippen molar-refractivity contribution in [2.24, 2.45) is 0 Å². The zero-order valence-electron chi connectivity index (χ0n) is 9.66. The number of hydrogen-bond donors (Lipinski definition) is 2. The highest BCUT2D eigenvalue weighted by Crippen LogP contribution is 2.26. The van der Waals surface area contributed by atoms with Gasteiger partial charge in [-0.3, -0.25) is 0 Å². The van der Waals surface area contributed by atoms with Crippen molar-refractivity contribution in [3.05, 3.63) is 28.8 Å². The van der Waals surface area contributed by atoms with Crippen molar-refractivity contribution >= 4 is 11.6 Å². The van der Waals surface area contributed by atoms with Gasteiger partial charge in [-0.25, -0.2) is 0 Å². The zero-order chi connectivity index (χ0) is 12.0. The van der Waals surface area contributed by atoms with Crippen LogP contribution in [0.15, 0.2) is 18.2 Å². The fourth-order valence-corrected chi connectivity index (χ4v) is 1.58. The lowest BCUT2D eigenvalue weighted by molar-refractivity contribution is 0.184. The summed E-state index contributed by atoms with van der Waals surface area (Å²) < 4.78 is 5.00. The number of phenolic OH excluding ortho intramolecular Hbond substituents is 1. The Morgan fingerprint density at radius 1 is 1.50 bits per heavy atom. The topological polar surface area (TPSA) is 41.5 Å². The molecule has 0 aliphatic rings. The molecule has 0 radical (unpaired) electrons. The van der Waals surface area contributed by atoms with E-state index in [1.165, 1.54) is 0 Å². The van der Waals surface area contributed by atoms with Gasteiger partial charge in [-0.05, 0) is 19.4 Å². The molecule has 0 amide bonds. The molecule has 1 atom stereocenters. The van der Waals surface area contributed by atoms with E-state index in [0.29, 0.717) is 17.6 Å². The first-order chi connectivity index (χ1) is 7.65. The molecule has 0 bridgehead atoms. The second-order valence-electron chi connectivity index (χ2n) is 3.81. The van der Waals surface area contributed by atoms with Gasteiger partial charge in [0.1, 0.15) is 5.75 Å². The Labute approximate surface area is 101 Å². The monoisotopic (exact) mass is 243 g/mol. The van der Waals surface area contributed by atoms with Crippen LogP contribution in [0.1, 0.15) is 18.9 Å². The molecule has 0 aliphatic carbocycles. The number of nitrogens with one attached hydrogen (secondary N) is 1. The minimum Gasteiger partial charge on any atom is -0.506 e. The summed E-state index contributed by atoms with van der Waals surface area (Å²) in [5.41, 5.74) is 0.816. The number of phenols is 1. The van der Waals surface area contributed by atoms with E-state index < -0.39 is 0 Å². The third-order valence-corrected chi connectivity index (χ3v) is 2.77. The fourth-order valence-electron chi connectivity index (χ4n) is 1.38. The maximum Gasteiger partial charge on any atom is 0.138 e. The van der Waals surface area contributed by atoms with Gasteiger partial charge in [0.05, 0.1) is 5.02 Å². The van der Waals surface area contributed by atoms with E-state index in [2.05, 4.69) is 12.2 Å². The van der Waals surface area contributed by atoms with Crippen LogP contribution < -0.4 is 5.32 Å². The molecule has 0 saturated carbocycles. The van der Waals surface area contributed by atoms with E-state index in [9.17, 15) is 5.11 Å². The Morgan fingerprint density at radius 2 is 2.25 bits per heavy atom. The van der Waals surface area contributed by atoms with Crippen molar-refractivity contribution in [1.29, 1.82) is 0 Å². The Kier molecular flexibility index (Phi) is 5.60. The molecule has 1 aromatic carbocycles. The molecule has 0 fully saturated rings. The number of aromatic hydroxyl groups is 1. The van der Waals surface area contributed by atoms with Crippen LogP contribution in [0.25, 0.3) is 0 Å². The molecule has 0 aromatic heterocycles. The Bertz CT molecular complexity index is 331. The van der Waals surface area contributed by atoms with Crippen LogP contribution in [0.2, 0.25) is 5.02 Å². The molecule has 0 saturated heterocycles. The summed E-state index contributed by atoms with van der Waals surface area (Å²) in [6.07, 6.45) is 0.942. The van der Waals surface area contributed by atoms with E-state index in [1.807, 2.05) is 12.1 Å². The molecule has 1 unspecified atom stereocenters. The molecule has 4 heteroatoms. The van der Waals surface area contributed by atoms with Crippen molar-refractivity contribution < 1.29 is 9.84 Å². The molecular formula is C12H18ClNO2. The number of methoxy groups -OCH3 is 1. The summed E-state index contributed by atoms with van der Waals surface area (Å²) in [5.74, 6) is 0.163. The molecule has 0 heterocycles. The average molecular weight is 244 g/mol. The molecule has 16 heavy (non-hydrogen) atoms. The van der Waals surface area contributed by atoms with Crippen LogP contribution in [-0.2, 0) is 11.3 Å². The number of para-hydroxylation sites is 1. The van der Waals surface area contributed by atoms with E-state index >= 15 is 0 Å². The average Bonchev–Trinajstić information content (AvgIpc) is 2.28. The number of hydrogen-bond acceptors (Lipinski definition) is 3. The van der Waals surface area contributed by atoms with Crippen molar-refractivity contribution in [2.45, 2.75) is 25.9 Å². The van der Waals surface area contributed by atoms with Crippen molar-refractivity contribution in [1.82, 2.24) is 5.32 Å². The molecule has 0 aliphatic heterocycles. The van der Waals surface area contributed by atoms with Crippen LogP contribution in [0, 0.1) is 0 Å². The highest BCUT2D eigenvalue weighted by atomic mass is 35.5. The highest BCUT2D eigenvalue weighted by molar-refractivity contribution is 6.32. The first kappa shape index (κ1) is 13.3. The van der Waals surface area contributed by atoms with Gasteiger partial charge in [-0.1, -0.05) is 23.7 Å². The standard InChI is InChI=1S/C12H18ClNO2/c1-9(6-7-16-2)14-8-10-4-3-5-11(13)12(10)15/h3-5,9,14-15H,6-8H2,1-2H3. The predicted molar refractivity (Wildman–Crippen MR) is 65.9 cm³/mol. The third-order valence-electron chi connectivity index (χ3n) is 2.47. The molecule has 1 aromatic rings. The smallest absolute Gasteiger partial charge is 0.138 e. The minimum absolute atomic E-state index is 0.163. The molecule has 2 N–H and O–H groups in total. The number of halogens is 1. The van der Waals surface area contributed by atoms with Gasteiger partial charge < -0.3 is 15.2 Å². The molecule has 0 spiro atoms. The van der Waals surface area contributed by atoms with Crippen molar-refractivity contribution in [2.75, 3.05) is 13.7 Å². The SMILES string of the molecule is COCCC(C)NCc1cccc(Cl)c1O. The maximum atomic E-state index is 9.69. The van der Waals surface area contributed by atoms with Gasteiger partial charge in [-0.2, -0.15) is 0 Å². The highest BCUT2D eigenvalue weighted by Gasteiger charge is 2.06. The quantitative estimate of drug-likeness (QED) is 0.807. The van der Waals surface area contributed by atoms with E-state index in [1.54, 1.807) is 13.2 Å². The molecule has 90 valence electrons. The molecular weight excluding hydrogens is 226 g/mol. The first-order valence-corrected chi connectivity index (χ1v) is 5.71. The van der Waals surface area contributed by atoms with Crippen LogP contribution in [0.5, 0.6) is 5.75 Å². The first-order valence-electron chi connectivity index (χ1n) is 5.33. The number of rotatable bonds is 6.